The Kier molecular flexibility index (Phi) is 5.79. The zero-order valence-corrected chi connectivity index (χ0v) is 16.4. The molecule has 0 N–H and O–H groups in total. The van der Waals surface area contributed by atoms with Crippen LogP contribution in [0.1, 0.15) is 12.8 Å². The average Bonchev–Trinajstić information content (AvgIpc) is 3.39. The van der Waals surface area contributed by atoms with Crippen LogP contribution >= 0.6 is 11.8 Å². The molecule has 1 aromatic carbocycles. The Labute approximate surface area is 162 Å². The minimum atomic E-state index is -3.57. The molecule has 0 bridgehead atoms. The number of hydrogen-bond acceptors (Lipinski definition) is 8. The summed E-state index contributed by atoms with van der Waals surface area (Å²) in [5, 5.41) is 8.57. The van der Waals surface area contributed by atoms with E-state index in [0.717, 1.165) is 25.2 Å². The Hall–Kier alpha value is -1.46. The zero-order valence-electron chi connectivity index (χ0n) is 14.7. The van der Waals surface area contributed by atoms with Crippen molar-refractivity contribution in [3.8, 4) is 11.5 Å². The molecule has 8 nitrogen and oxygen atoms in total. The number of ether oxygens (including phenoxy) is 2. The van der Waals surface area contributed by atoms with Crippen LogP contribution in [0.4, 0.5) is 0 Å². The molecule has 1 atom stereocenters. The quantitative estimate of drug-likeness (QED) is 0.667. The van der Waals surface area contributed by atoms with E-state index in [4.69, 9.17) is 13.9 Å². The summed E-state index contributed by atoms with van der Waals surface area (Å²) in [4.78, 5) is 0.216. The second-order valence-corrected chi connectivity index (χ2v) is 9.27. The van der Waals surface area contributed by atoms with E-state index in [9.17, 15) is 8.42 Å². The highest BCUT2D eigenvalue weighted by Crippen LogP contribution is 2.28. The van der Waals surface area contributed by atoms with Crippen molar-refractivity contribution in [3.05, 3.63) is 24.3 Å². The van der Waals surface area contributed by atoms with Crippen LogP contribution in [0.2, 0.25) is 0 Å². The van der Waals surface area contributed by atoms with Gasteiger partial charge in [-0.2, -0.15) is 4.31 Å². The first-order valence-electron chi connectivity index (χ1n) is 8.89. The van der Waals surface area contributed by atoms with Gasteiger partial charge in [-0.3, -0.25) is 0 Å². The van der Waals surface area contributed by atoms with E-state index in [1.165, 1.54) is 16.1 Å². The number of sulfonamides is 1. The molecule has 2 aromatic rings. The third-order valence-corrected chi connectivity index (χ3v) is 7.36. The van der Waals surface area contributed by atoms with E-state index in [-0.39, 0.29) is 11.0 Å². The van der Waals surface area contributed by atoms with Crippen LogP contribution in [0.15, 0.2) is 38.8 Å². The summed E-state index contributed by atoms with van der Waals surface area (Å²) in [5.74, 6) is 1.08. The molecule has 4 rings (SSSR count). The third-order valence-electron chi connectivity index (χ3n) is 4.51. The van der Waals surface area contributed by atoms with Gasteiger partial charge in [-0.05, 0) is 31.0 Å². The van der Waals surface area contributed by atoms with E-state index >= 15 is 0 Å². The fourth-order valence-electron chi connectivity index (χ4n) is 3.05. The van der Waals surface area contributed by atoms with Crippen molar-refractivity contribution in [1.82, 2.24) is 14.5 Å². The Morgan fingerprint density at radius 1 is 1.19 bits per heavy atom. The normalized spacial score (nSPS) is 21.6. The van der Waals surface area contributed by atoms with E-state index in [1.807, 2.05) is 0 Å². The fraction of sp³-hybridized carbons (Fsp3) is 0.529. The van der Waals surface area contributed by atoms with Crippen molar-refractivity contribution in [1.29, 1.82) is 0 Å². The van der Waals surface area contributed by atoms with Gasteiger partial charge in [0, 0.05) is 31.0 Å². The SMILES string of the molecule is O=S(=O)(c1cccc(-c2nnc(SCC3CCCO3)o2)c1)N1CCOCC1. The summed E-state index contributed by atoms with van der Waals surface area (Å²) in [6.45, 7) is 2.35. The van der Waals surface area contributed by atoms with E-state index in [1.54, 1.807) is 24.3 Å². The number of aromatic nitrogens is 2. The summed E-state index contributed by atoms with van der Waals surface area (Å²) in [5.41, 5.74) is 0.584. The Balaban J connectivity index is 1.49. The Morgan fingerprint density at radius 3 is 2.81 bits per heavy atom. The number of nitrogens with zero attached hydrogens (tertiary/aromatic N) is 3. The van der Waals surface area contributed by atoms with Gasteiger partial charge in [0.2, 0.25) is 15.9 Å². The lowest BCUT2D eigenvalue weighted by Crippen LogP contribution is -2.40. The maximum Gasteiger partial charge on any atom is 0.276 e. The molecular weight excluding hydrogens is 390 g/mol. The van der Waals surface area contributed by atoms with Gasteiger partial charge in [-0.25, -0.2) is 8.42 Å². The molecule has 2 saturated heterocycles. The average molecular weight is 412 g/mol. The molecule has 3 heterocycles. The maximum absolute atomic E-state index is 12.8. The predicted molar refractivity (Wildman–Crippen MR) is 99.0 cm³/mol. The van der Waals surface area contributed by atoms with Gasteiger partial charge in [0.05, 0.1) is 24.2 Å². The minimum absolute atomic E-state index is 0.216. The molecule has 10 heteroatoms. The van der Waals surface area contributed by atoms with Gasteiger partial charge < -0.3 is 13.9 Å². The molecule has 2 aliphatic heterocycles. The summed E-state index contributed by atoms with van der Waals surface area (Å²) in [7, 11) is -3.57. The van der Waals surface area contributed by atoms with Crippen LogP contribution in [0.25, 0.3) is 11.5 Å². The third kappa shape index (κ3) is 4.35. The van der Waals surface area contributed by atoms with E-state index < -0.39 is 10.0 Å². The predicted octanol–water partition coefficient (Wildman–Crippen LogP) is 2.03. The monoisotopic (exact) mass is 411 g/mol. The van der Waals surface area contributed by atoms with Gasteiger partial charge in [-0.1, -0.05) is 17.8 Å². The van der Waals surface area contributed by atoms with Crippen molar-refractivity contribution < 1.29 is 22.3 Å². The lowest BCUT2D eigenvalue weighted by atomic mass is 10.2. The molecule has 0 saturated carbocycles. The molecule has 0 aliphatic carbocycles. The fourth-order valence-corrected chi connectivity index (χ4v) is 5.33. The van der Waals surface area contributed by atoms with Crippen LogP contribution in [-0.2, 0) is 19.5 Å². The largest absolute Gasteiger partial charge is 0.411 e. The van der Waals surface area contributed by atoms with Crippen LogP contribution in [0, 0.1) is 0 Å². The molecule has 0 radical (unpaired) electrons. The highest BCUT2D eigenvalue weighted by molar-refractivity contribution is 7.99. The highest BCUT2D eigenvalue weighted by atomic mass is 32.2. The molecular formula is C17H21N3O5S2. The van der Waals surface area contributed by atoms with E-state index in [2.05, 4.69) is 10.2 Å². The maximum atomic E-state index is 12.8. The van der Waals surface area contributed by atoms with Gasteiger partial charge in [0.15, 0.2) is 0 Å². The highest BCUT2D eigenvalue weighted by Gasteiger charge is 2.27. The summed E-state index contributed by atoms with van der Waals surface area (Å²) in [6.07, 6.45) is 2.37. The smallest absolute Gasteiger partial charge is 0.276 e. The first-order chi connectivity index (χ1) is 13.1. The topological polar surface area (TPSA) is 94.8 Å². The molecule has 2 fully saturated rings. The van der Waals surface area contributed by atoms with Crippen molar-refractivity contribution in [2.75, 3.05) is 38.7 Å². The van der Waals surface area contributed by atoms with Gasteiger partial charge in [0.1, 0.15) is 0 Å². The van der Waals surface area contributed by atoms with Gasteiger partial charge >= 0.3 is 0 Å². The lowest BCUT2D eigenvalue weighted by Gasteiger charge is -2.26. The second-order valence-electron chi connectivity index (χ2n) is 6.36. The van der Waals surface area contributed by atoms with Crippen molar-refractivity contribution in [3.63, 3.8) is 0 Å². The number of benzene rings is 1. The molecule has 0 amide bonds. The van der Waals surface area contributed by atoms with Crippen LogP contribution in [0.3, 0.4) is 0 Å². The van der Waals surface area contributed by atoms with Gasteiger partial charge in [0.25, 0.3) is 5.22 Å². The first kappa shape index (κ1) is 18.9. The summed E-state index contributed by atoms with van der Waals surface area (Å²) < 4.78 is 43.6. The van der Waals surface area contributed by atoms with Crippen molar-refractivity contribution in [2.24, 2.45) is 0 Å². The lowest BCUT2D eigenvalue weighted by molar-refractivity contribution is 0.0730. The minimum Gasteiger partial charge on any atom is -0.411 e. The Morgan fingerprint density at radius 2 is 2.04 bits per heavy atom. The number of rotatable bonds is 6. The zero-order chi connectivity index (χ0) is 18.7. The molecule has 0 spiro atoms. The summed E-state index contributed by atoms with van der Waals surface area (Å²) in [6, 6.07) is 6.61. The van der Waals surface area contributed by atoms with Gasteiger partial charge in [-0.15, -0.1) is 10.2 Å². The van der Waals surface area contributed by atoms with Crippen LogP contribution in [0.5, 0.6) is 0 Å². The molecule has 2 aliphatic rings. The first-order valence-corrected chi connectivity index (χ1v) is 11.3. The number of morpholine rings is 1. The summed E-state index contributed by atoms with van der Waals surface area (Å²) >= 11 is 1.46. The molecule has 27 heavy (non-hydrogen) atoms. The molecule has 1 unspecified atom stereocenters. The number of thioether (sulfide) groups is 1. The standard InChI is InChI=1S/C17H21N3O5S2/c21-27(22,20-6-9-23-10-7-20)15-5-1-3-13(11-15)16-18-19-17(25-16)26-12-14-4-2-8-24-14/h1,3,5,11,14H,2,4,6-10,12H2. The van der Waals surface area contributed by atoms with Crippen molar-refractivity contribution >= 4 is 21.8 Å². The Bertz CT molecular complexity index is 874. The second kappa shape index (κ2) is 8.27. The number of hydrogen-bond donors (Lipinski definition) is 0. The van der Waals surface area contributed by atoms with Crippen molar-refractivity contribution in [2.45, 2.75) is 29.1 Å². The van der Waals surface area contributed by atoms with E-state index in [0.29, 0.717) is 43.0 Å². The molecule has 1 aromatic heterocycles. The molecule has 146 valence electrons. The van der Waals surface area contributed by atoms with Crippen LogP contribution in [-0.4, -0.2) is 67.7 Å². The van der Waals surface area contributed by atoms with Crippen LogP contribution < -0.4 is 0 Å².